The lowest BCUT2D eigenvalue weighted by Crippen LogP contribution is -2.11. The van der Waals surface area contributed by atoms with Crippen molar-refractivity contribution in [2.75, 3.05) is 13.2 Å². The standard InChI is InChI=1S/C27H25N3O4.C20H22N2O4/c1-4-32-26(31)14-13-25-22(18-33-24-11-7-20(15-28)8-12-24)16-30-19(2)27(25)34-17-21-5-9-23(29-3)10-6-21;1-4-25-19(24)10-9-18-16(12-23)11-22-14(2)20(18)26-13-15-5-7-17(21-3)8-6-15/h5-12,16H,4,13-14,17-18H2,1-2H3;5-8,11,23H,4,9-10,12-13H2,1-2H3. The SMILES string of the molecule is [C-]#[N+]c1ccc(COc2c(C)ncc(CO)c2CCC(=O)OCC)cc1.[C-]#[N+]c1ccc(COc2c(C)ncc(COc3ccc(C#N)cc3)c2CCC(=O)OCC)cc1. The Bertz CT molecular complexity index is 2330. The van der Waals surface area contributed by atoms with E-state index in [1.54, 1.807) is 74.8 Å². The first-order chi connectivity index (χ1) is 29.1. The highest BCUT2D eigenvalue weighted by atomic mass is 16.5. The van der Waals surface area contributed by atoms with E-state index in [1.807, 2.05) is 38.1 Å². The molecule has 0 atom stereocenters. The first-order valence-electron chi connectivity index (χ1n) is 19.3. The predicted octanol–water partition coefficient (Wildman–Crippen LogP) is 8.97. The molecular formula is C47H47N5O8. The van der Waals surface area contributed by atoms with Crippen LogP contribution in [0.4, 0.5) is 11.4 Å². The Labute approximate surface area is 350 Å². The number of nitriles is 1. The number of aryl methyl sites for hydroxylation is 2. The van der Waals surface area contributed by atoms with E-state index < -0.39 is 0 Å². The minimum absolute atomic E-state index is 0.179. The van der Waals surface area contributed by atoms with Gasteiger partial charge in [-0.05, 0) is 75.9 Å². The molecule has 0 aliphatic rings. The zero-order valence-corrected chi connectivity index (χ0v) is 34.2. The Kier molecular flexibility index (Phi) is 18.1. The van der Waals surface area contributed by atoms with Gasteiger partial charge in [-0.15, -0.1) is 0 Å². The van der Waals surface area contributed by atoms with Crippen LogP contribution in [0.3, 0.4) is 0 Å². The number of ether oxygens (including phenoxy) is 5. The molecule has 0 fully saturated rings. The molecule has 60 heavy (non-hydrogen) atoms. The molecule has 5 rings (SSSR count). The Morgan fingerprint density at radius 1 is 0.667 bits per heavy atom. The fourth-order valence-electron chi connectivity index (χ4n) is 5.89. The minimum Gasteiger partial charge on any atom is -0.489 e. The second-order valence-electron chi connectivity index (χ2n) is 13.2. The van der Waals surface area contributed by atoms with Crippen molar-refractivity contribution in [1.82, 2.24) is 9.97 Å². The van der Waals surface area contributed by atoms with Crippen LogP contribution >= 0.6 is 0 Å². The number of aromatic nitrogens is 2. The van der Waals surface area contributed by atoms with Gasteiger partial charge < -0.3 is 28.8 Å². The van der Waals surface area contributed by atoms with Crippen molar-refractivity contribution in [3.8, 4) is 23.3 Å². The molecule has 0 saturated carbocycles. The van der Waals surface area contributed by atoms with E-state index in [1.165, 1.54) is 0 Å². The van der Waals surface area contributed by atoms with Crippen molar-refractivity contribution in [1.29, 1.82) is 5.26 Å². The lowest BCUT2D eigenvalue weighted by Gasteiger charge is -2.18. The summed E-state index contributed by atoms with van der Waals surface area (Å²) in [6.07, 6.45) is 4.58. The van der Waals surface area contributed by atoms with E-state index in [0.717, 1.165) is 27.8 Å². The van der Waals surface area contributed by atoms with Gasteiger partial charge in [0.2, 0.25) is 0 Å². The van der Waals surface area contributed by atoms with Crippen LogP contribution in [0.15, 0.2) is 85.2 Å². The van der Waals surface area contributed by atoms with Crippen molar-refractivity contribution in [2.24, 2.45) is 0 Å². The van der Waals surface area contributed by atoms with E-state index in [2.05, 4.69) is 25.7 Å². The summed E-state index contributed by atoms with van der Waals surface area (Å²) in [4.78, 5) is 39.3. The van der Waals surface area contributed by atoms with Crippen LogP contribution < -0.4 is 14.2 Å². The van der Waals surface area contributed by atoms with Crippen LogP contribution in [0.5, 0.6) is 17.2 Å². The third kappa shape index (κ3) is 13.7. The van der Waals surface area contributed by atoms with Crippen LogP contribution in [-0.4, -0.2) is 40.2 Å². The van der Waals surface area contributed by atoms with Crippen LogP contribution in [0, 0.1) is 38.3 Å². The van der Waals surface area contributed by atoms with Crippen LogP contribution in [-0.2, 0) is 58.3 Å². The number of carbonyl (C=O) groups excluding carboxylic acids is 2. The number of hydrogen-bond donors (Lipinski definition) is 1. The molecule has 308 valence electrons. The Hall–Kier alpha value is -7.27. The zero-order chi connectivity index (χ0) is 43.3. The van der Waals surface area contributed by atoms with Gasteiger partial charge in [-0.25, -0.2) is 9.69 Å². The van der Waals surface area contributed by atoms with Gasteiger partial charge >= 0.3 is 11.9 Å². The number of benzene rings is 3. The van der Waals surface area contributed by atoms with Gasteiger partial charge in [0.25, 0.3) is 0 Å². The van der Waals surface area contributed by atoms with Crippen LogP contribution in [0.2, 0.25) is 0 Å². The number of esters is 2. The van der Waals surface area contributed by atoms with E-state index >= 15 is 0 Å². The van der Waals surface area contributed by atoms with Crippen molar-refractivity contribution in [2.45, 2.75) is 79.8 Å². The highest BCUT2D eigenvalue weighted by molar-refractivity contribution is 5.70. The van der Waals surface area contributed by atoms with Crippen LogP contribution in [0.25, 0.3) is 9.69 Å². The predicted molar refractivity (Wildman–Crippen MR) is 223 cm³/mol. The number of hydrogen-bond acceptors (Lipinski definition) is 11. The monoisotopic (exact) mass is 809 g/mol. The van der Waals surface area contributed by atoms with Gasteiger partial charge in [-0.1, -0.05) is 48.5 Å². The van der Waals surface area contributed by atoms with Gasteiger partial charge in [0.15, 0.2) is 11.4 Å². The summed E-state index contributed by atoms with van der Waals surface area (Å²) in [5.41, 5.74) is 7.98. The van der Waals surface area contributed by atoms with Crippen molar-refractivity contribution in [3.05, 3.63) is 158 Å². The average molecular weight is 810 g/mol. The number of aliphatic hydroxyl groups excluding tert-OH is 1. The molecular weight excluding hydrogens is 763 g/mol. The zero-order valence-electron chi connectivity index (χ0n) is 34.2. The molecule has 5 aromatic rings. The summed E-state index contributed by atoms with van der Waals surface area (Å²) in [5, 5.41) is 18.6. The second-order valence-corrected chi connectivity index (χ2v) is 13.2. The van der Waals surface area contributed by atoms with Crippen molar-refractivity contribution in [3.63, 3.8) is 0 Å². The highest BCUT2D eigenvalue weighted by Gasteiger charge is 2.18. The molecule has 2 aromatic heterocycles. The average Bonchev–Trinajstić information content (AvgIpc) is 3.27. The minimum atomic E-state index is -0.286. The maximum Gasteiger partial charge on any atom is 0.306 e. The molecule has 0 saturated heterocycles. The van der Waals surface area contributed by atoms with Gasteiger partial charge in [0.05, 0.1) is 56.0 Å². The maximum atomic E-state index is 12.0. The lowest BCUT2D eigenvalue weighted by molar-refractivity contribution is -0.144. The van der Waals surface area contributed by atoms with E-state index in [-0.39, 0.29) is 38.0 Å². The normalized spacial score (nSPS) is 10.2. The smallest absolute Gasteiger partial charge is 0.306 e. The quantitative estimate of drug-likeness (QED) is 0.0665. The second kappa shape index (κ2) is 23.8. The summed E-state index contributed by atoms with van der Waals surface area (Å²) in [7, 11) is 0. The Balaban J connectivity index is 0.000000275. The highest BCUT2D eigenvalue weighted by Crippen LogP contribution is 2.30. The molecule has 0 bridgehead atoms. The summed E-state index contributed by atoms with van der Waals surface area (Å²) >= 11 is 0. The van der Waals surface area contributed by atoms with E-state index in [4.69, 9.17) is 42.1 Å². The topological polar surface area (TPSA) is 159 Å². The largest absolute Gasteiger partial charge is 0.489 e. The summed E-state index contributed by atoms with van der Waals surface area (Å²) in [6, 6.07) is 23.3. The Morgan fingerprint density at radius 3 is 1.53 bits per heavy atom. The summed E-state index contributed by atoms with van der Waals surface area (Å²) in [5.74, 6) is 1.25. The maximum absolute atomic E-state index is 12.0. The lowest BCUT2D eigenvalue weighted by atomic mass is 10.0. The fourth-order valence-corrected chi connectivity index (χ4v) is 5.89. The van der Waals surface area contributed by atoms with E-state index in [0.29, 0.717) is 90.4 Å². The summed E-state index contributed by atoms with van der Waals surface area (Å²) < 4.78 is 28.1. The molecule has 0 radical (unpaired) electrons. The van der Waals surface area contributed by atoms with Gasteiger partial charge in [0.1, 0.15) is 37.1 Å². The summed E-state index contributed by atoms with van der Waals surface area (Å²) in [6.45, 7) is 22.6. The fraction of sp³-hybridized carbons (Fsp3) is 0.298. The molecule has 0 unspecified atom stereocenters. The van der Waals surface area contributed by atoms with Gasteiger partial charge in [0, 0.05) is 47.5 Å². The molecule has 2 heterocycles. The Morgan fingerprint density at radius 2 is 1.12 bits per heavy atom. The number of nitrogens with zero attached hydrogens (tertiary/aromatic N) is 5. The first-order valence-corrected chi connectivity index (χ1v) is 19.3. The molecule has 3 aromatic carbocycles. The molecule has 0 spiro atoms. The van der Waals surface area contributed by atoms with Crippen molar-refractivity contribution < 1.29 is 38.4 Å². The van der Waals surface area contributed by atoms with Gasteiger partial charge in [-0.3, -0.25) is 19.6 Å². The molecule has 0 aliphatic heterocycles. The number of rotatable bonds is 18. The van der Waals surface area contributed by atoms with Crippen molar-refractivity contribution >= 4 is 23.3 Å². The number of pyridine rings is 2. The number of carbonyl (C=O) groups is 2. The first kappa shape index (κ1) is 45.4. The molecule has 13 nitrogen and oxygen atoms in total. The number of aliphatic hydroxyl groups is 1. The molecule has 0 aliphatic carbocycles. The third-order valence-electron chi connectivity index (χ3n) is 9.02. The molecule has 13 heteroatoms. The third-order valence-corrected chi connectivity index (χ3v) is 9.02. The molecule has 1 N–H and O–H groups in total. The van der Waals surface area contributed by atoms with Crippen LogP contribution in [0.1, 0.15) is 77.0 Å². The van der Waals surface area contributed by atoms with E-state index in [9.17, 15) is 14.7 Å². The molecule has 0 amide bonds. The van der Waals surface area contributed by atoms with Gasteiger partial charge in [-0.2, -0.15) is 5.26 Å².